The third-order valence-corrected chi connectivity index (χ3v) is 1.30. The number of nitrogens with two attached hydrogens (primary N) is 2. The zero-order valence-corrected chi connectivity index (χ0v) is 6.94. The summed E-state index contributed by atoms with van der Waals surface area (Å²) in [5, 5.41) is 0. The molecule has 0 saturated heterocycles. The van der Waals surface area contributed by atoms with Crippen molar-refractivity contribution in [2.45, 2.75) is 20.8 Å². The number of hydrogen-bond donors (Lipinski definition) is 2. The minimum atomic E-state index is 0.577. The maximum atomic E-state index is 5.64. The van der Waals surface area contributed by atoms with Crippen molar-refractivity contribution >= 4 is 0 Å². The summed E-state index contributed by atoms with van der Waals surface area (Å²) in [6, 6.07) is 0. The zero-order chi connectivity index (χ0) is 8.15. The van der Waals surface area contributed by atoms with Crippen LogP contribution >= 0.6 is 0 Å². The number of rotatable bonds is 2. The average molecular weight is 140 g/mol. The molecule has 0 aliphatic carbocycles. The van der Waals surface area contributed by atoms with E-state index in [0.29, 0.717) is 6.54 Å². The molecule has 0 bridgehead atoms. The number of allylic oxidation sites excluding steroid dienone is 2. The van der Waals surface area contributed by atoms with Crippen LogP contribution in [0.3, 0.4) is 0 Å². The molecule has 4 N–H and O–H groups in total. The van der Waals surface area contributed by atoms with E-state index in [4.69, 9.17) is 11.5 Å². The molecule has 2 nitrogen and oxygen atoms in total. The first kappa shape index (κ1) is 9.24. The lowest BCUT2D eigenvalue weighted by atomic mass is 10.2. The molecule has 0 aliphatic heterocycles. The Kier molecular flexibility index (Phi) is 3.81. The second kappa shape index (κ2) is 4.12. The largest absolute Gasteiger partial charge is 0.399 e. The van der Waals surface area contributed by atoms with Gasteiger partial charge in [0, 0.05) is 12.2 Å². The highest BCUT2D eigenvalue weighted by atomic mass is 14.6. The molecule has 0 fully saturated rings. The van der Waals surface area contributed by atoms with E-state index >= 15 is 0 Å². The summed E-state index contributed by atoms with van der Waals surface area (Å²) in [5.74, 6) is 0. The number of hydrogen-bond acceptors (Lipinski definition) is 2. The van der Waals surface area contributed by atoms with Gasteiger partial charge in [0.05, 0.1) is 0 Å². The molecule has 0 aromatic heterocycles. The van der Waals surface area contributed by atoms with Gasteiger partial charge < -0.3 is 11.5 Å². The second-order valence-electron chi connectivity index (χ2n) is 2.65. The van der Waals surface area contributed by atoms with Crippen LogP contribution in [0.25, 0.3) is 0 Å². The Balaban J connectivity index is 4.27. The first-order valence-electron chi connectivity index (χ1n) is 3.38. The van der Waals surface area contributed by atoms with Crippen molar-refractivity contribution in [2.24, 2.45) is 11.5 Å². The van der Waals surface area contributed by atoms with Gasteiger partial charge in [-0.2, -0.15) is 0 Å². The predicted octanol–water partition coefficient (Wildman–Crippen LogP) is 1.14. The average Bonchev–Trinajstić information content (AvgIpc) is 1.87. The van der Waals surface area contributed by atoms with Gasteiger partial charge in [-0.3, -0.25) is 0 Å². The molecule has 0 atom stereocenters. The van der Waals surface area contributed by atoms with E-state index in [1.807, 2.05) is 26.8 Å². The Morgan fingerprint density at radius 1 is 1.30 bits per heavy atom. The van der Waals surface area contributed by atoms with Gasteiger partial charge in [-0.15, -0.1) is 0 Å². The lowest BCUT2D eigenvalue weighted by Gasteiger charge is -1.98. The van der Waals surface area contributed by atoms with Crippen molar-refractivity contribution in [3.63, 3.8) is 0 Å². The Morgan fingerprint density at radius 3 is 2.10 bits per heavy atom. The van der Waals surface area contributed by atoms with Crippen molar-refractivity contribution in [2.75, 3.05) is 6.54 Å². The van der Waals surface area contributed by atoms with E-state index in [2.05, 4.69) is 0 Å². The fourth-order valence-corrected chi connectivity index (χ4v) is 0.469. The van der Waals surface area contributed by atoms with Crippen LogP contribution in [0, 0.1) is 0 Å². The van der Waals surface area contributed by atoms with Crippen molar-refractivity contribution in [3.8, 4) is 0 Å². The molecular formula is C8H16N2. The fourth-order valence-electron chi connectivity index (χ4n) is 0.469. The minimum Gasteiger partial charge on any atom is -0.399 e. The summed E-state index contributed by atoms with van der Waals surface area (Å²) in [4.78, 5) is 0. The second-order valence-corrected chi connectivity index (χ2v) is 2.65. The Hall–Kier alpha value is -0.760. The molecule has 0 rings (SSSR count). The van der Waals surface area contributed by atoms with Crippen LogP contribution in [-0.4, -0.2) is 6.54 Å². The van der Waals surface area contributed by atoms with E-state index in [9.17, 15) is 0 Å². The van der Waals surface area contributed by atoms with Crippen LogP contribution in [0.5, 0.6) is 0 Å². The zero-order valence-electron chi connectivity index (χ0n) is 6.94. The molecule has 2 heteroatoms. The molecule has 58 valence electrons. The summed E-state index contributed by atoms with van der Waals surface area (Å²) in [5.41, 5.74) is 14.1. The molecule has 0 aliphatic rings. The Labute approximate surface area is 62.6 Å². The highest BCUT2D eigenvalue weighted by Crippen LogP contribution is 2.00. The summed E-state index contributed by atoms with van der Waals surface area (Å²) in [6.07, 6.45) is 1.91. The van der Waals surface area contributed by atoms with Crippen LogP contribution in [0.1, 0.15) is 20.8 Å². The van der Waals surface area contributed by atoms with Crippen molar-refractivity contribution < 1.29 is 0 Å². The van der Waals surface area contributed by atoms with Gasteiger partial charge in [-0.1, -0.05) is 11.1 Å². The normalized spacial score (nSPS) is 11.4. The topological polar surface area (TPSA) is 52.0 Å². The SMILES string of the molecule is CC(C)=C(N)/C=C(/C)CN. The van der Waals surface area contributed by atoms with Gasteiger partial charge in [0.1, 0.15) is 0 Å². The first-order chi connectivity index (χ1) is 4.57. The molecule has 0 unspecified atom stereocenters. The summed E-state index contributed by atoms with van der Waals surface area (Å²) >= 11 is 0. The van der Waals surface area contributed by atoms with Crippen LogP contribution in [0.2, 0.25) is 0 Å². The van der Waals surface area contributed by atoms with Gasteiger partial charge >= 0.3 is 0 Å². The van der Waals surface area contributed by atoms with Crippen LogP contribution in [-0.2, 0) is 0 Å². The molecule has 0 radical (unpaired) electrons. The van der Waals surface area contributed by atoms with Gasteiger partial charge in [0.15, 0.2) is 0 Å². The Bertz CT molecular complexity index is 162. The molecule has 0 heterocycles. The monoisotopic (exact) mass is 140 g/mol. The lowest BCUT2D eigenvalue weighted by molar-refractivity contribution is 1.12. The standard InChI is InChI=1S/C8H16N2/c1-6(2)8(10)4-7(3)5-9/h4H,5,9-10H2,1-3H3/b7-4-. The third-order valence-electron chi connectivity index (χ3n) is 1.30. The van der Waals surface area contributed by atoms with Crippen LogP contribution in [0.4, 0.5) is 0 Å². The molecule has 10 heavy (non-hydrogen) atoms. The van der Waals surface area contributed by atoms with E-state index < -0.39 is 0 Å². The van der Waals surface area contributed by atoms with Gasteiger partial charge in [0.25, 0.3) is 0 Å². The van der Waals surface area contributed by atoms with E-state index in [-0.39, 0.29) is 0 Å². The van der Waals surface area contributed by atoms with Gasteiger partial charge in [-0.05, 0) is 26.8 Å². The summed E-state index contributed by atoms with van der Waals surface area (Å²) < 4.78 is 0. The third kappa shape index (κ3) is 3.30. The molecule has 0 saturated carbocycles. The minimum absolute atomic E-state index is 0.577. The molecule has 0 amide bonds. The van der Waals surface area contributed by atoms with E-state index in [0.717, 1.165) is 16.8 Å². The molecular weight excluding hydrogens is 124 g/mol. The van der Waals surface area contributed by atoms with E-state index in [1.54, 1.807) is 0 Å². The maximum Gasteiger partial charge on any atom is 0.0300 e. The van der Waals surface area contributed by atoms with Crippen molar-refractivity contribution in [1.82, 2.24) is 0 Å². The Morgan fingerprint density at radius 2 is 1.80 bits per heavy atom. The lowest BCUT2D eigenvalue weighted by Crippen LogP contribution is -2.03. The quantitative estimate of drug-likeness (QED) is 0.565. The highest BCUT2D eigenvalue weighted by molar-refractivity contribution is 5.23. The van der Waals surface area contributed by atoms with Crippen molar-refractivity contribution in [3.05, 3.63) is 22.9 Å². The van der Waals surface area contributed by atoms with Gasteiger partial charge in [-0.25, -0.2) is 0 Å². The smallest absolute Gasteiger partial charge is 0.0300 e. The predicted molar refractivity (Wildman–Crippen MR) is 45.4 cm³/mol. The summed E-state index contributed by atoms with van der Waals surface area (Å²) in [6.45, 7) is 6.51. The van der Waals surface area contributed by atoms with Crippen LogP contribution in [0.15, 0.2) is 22.9 Å². The van der Waals surface area contributed by atoms with Gasteiger partial charge in [0.2, 0.25) is 0 Å². The molecule has 0 aromatic rings. The van der Waals surface area contributed by atoms with Crippen molar-refractivity contribution in [1.29, 1.82) is 0 Å². The summed E-state index contributed by atoms with van der Waals surface area (Å²) in [7, 11) is 0. The highest BCUT2D eigenvalue weighted by Gasteiger charge is 1.88. The van der Waals surface area contributed by atoms with Crippen LogP contribution < -0.4 is 11.5 Å². The molecule has 0 aromatic carbocycles. The fraction of sp³-hybridized carbons (Fsp3) is 0.500. The molecule has 0 spiro atoms. The van der Waals surface area contributed by atoms with E-state index in [1.165, 1.54) is 0 Å². The first-order valence-corrected chi connectivity index (χ1v) is 3.38. The maximum absolute atomic E-state index is 5.64.